The van der Waals surface area contributed by atoms with Crippen LogP contribution in [-0.4, -0.2) is 29.3 Å². The number of carboxylic acid groups (broad SMARTS) is 1. The molecule has 1 aromatic heterocycles. The predicted octanol–water partition coefficient (Wildman–Crippen LogP) is 0.896. The van der Waals surface area contributed by atoms with Gasteiger partial charge in [-0.05, 0) is 0 Å². The fourth-order valence-electron chi connectivity index (χ4n) is 0.405. The Bertz CT molecular complexity index is 185. The van der Waals surface area contributed by atoms with Crippen LogP contribution in [0.4, 0.5) is 0 Å². The van der Waals surface area contributed by atoms with Crippen LogP contribution in [0.2, 0.25) is 4.34 Å². The summed E-state index contributed by atoms with van der Waals surface area (Å²) in [5, 5.41) is 6.89. The summed E-state index contributed by atoms with van der Waals surface area (Å²) in [7, 11) is 0. The molecule has 0 aliphatic heterocycles. The van der Waals surface area contributed by atoms with Crippen molar-refractivity contribution in [2.45, 2.75) is 0 Å². The zero-order valence-electron chi connectivity index (χ0n) is 5.37. The van der Waals surface area contributed by atoms with Crippen molar-refractivity contribution in [1.29, 1.82) is 0 Å². The van der Waals surface area contributed by atoms with Crippen molar-refractivity contribution in [3.8, 4) is 0 Å². The standard InChI is InChI=1S/C4H2ClS.CH2O2.Li/c5-4-2-1-3-6-4;2-1-3;/h1-2H;1H,(H,2,3);. The van der Waals surface area contributed by atoms with E-state index in [1.165, 1.54) is 3.55 Å². The molecule has 0 amide bonds. The zero-order chi connectivity index (χ0) is 7.98. The van der Waals surface area contributed by atoms with E-state index in [0.717, 1.165) is 4.34 Å². The second-order valence-corrected chi connectivity index (χ2v) is 3.37. The molecule has 0 aromatic carbocycles. The molecule has 0 atom stereocenters. The molecule has 0 saturated carbocycles. The van der Waals surface area contributed by atoms with Gasteiger partial charge in [-0.1, -0.05) is 0 Å². The average molecular weight is 171 g/mol. The van der Waals surface area contributed by atoms with Crippen LogP contribution in [-0.2, 0) is 4.79 Å². The number of thiophene rings is 1. The Morgan fingerprint density at radius 3 is 2.30 bits per heavy atom. The normalized spacial score (nSPS) is 7.90. The summed E-state index contributed by atoms with van der Waals surface area (Å²) in [5.74, 6) is 0. The first-order valence-electron chi connectivity index (χ1n) is 2.50. The number of hydrogen-bond donors (Lipinski definition) is 1. The molecule has 50 valence electrons. The number of carbonyl (C=O) groups is 1. The van der Waals surface area contributed by atoms with E-state index in [-0.39, 0.29) is 6.47 Å². The van der Waals surface area contributed by atoms with Gasteiger partial charge in [0, 0.05) is 0 Å². The summed E-state index contributed by atoms with van der Waals surface area (Å²) in [6.45, 7) is -0.250. The molecule has 2 nitrogen and oxygen atoms in total. The molecule has 0 spiro atoms. The quantitative estimate of drug-likeness (QED) is 0.464. The van der Waals surface area contributed by atoms with Gasteiger partial charge in [-0.25, -0.2) is 0 Å². The monoisotopic (exact) mass is 170 g/mol. The SMILES string of the molecule is O=CO.[Li][c]1ccc(Cl)s1. The van der Waals surface area contributed by atoms with Crippen LogP contribution < -0.4 is 3.55 Å². The Hall–Kier alpha value is 0.0574. The van der Waals surface area contributed by atoms with E-state index in [1.54, 1.807) is 11.3 Å². The molecule has 0 fully saturated rings. The van der Waals surface area contributed by atoms with E-state index in [0.29, 0.717) is 0 Å². The van der Waals surface area contributed by atoms with Gasteiger partial charge >= 0.3 is 60.7 Å². The summed E-state index contributed by atoms with van der Waals surface area (Å²) in [6.07, 6.45) is 0. The molecule has 1 aromatic rings. The molecular weight excluding hydrogens is 167 g/mol. The van der Waals surface area contributed by atoms with Crippen LogP contribution in [0.15, 0.2) is 12.1 Å². The molecule has 0 aliphatic rings. The molecule has 0 radical (unpaired) electrons. The van der Waals surface area contributed by atoms with E-state index >= 15 is 0 Å². The number of hydrogen-bond acceptors (Lipinski definition) is 2. The first-order valence-corrected chi connectivity index (χ1v) is 3.70. The third-order valence-corrected chi connectivity index (χ3v) is 1.85. The van der Waals surface area contributed by atoms with E-state index in [4.69, 9.17) is 21.5 Å². The Labute approximate surface area is 77.0 Å². The number of rotatable bonds is 0. The van der Waals surface area contributed by atoms with Gasteiger partial charge in [0.25, 0.3) is 6.47 Å². The summed E-state index contributed by atoms with van der Waals surface area (Å²) in [5.41, 5.74) is 0. The molecule has 10 heavy (non-hydrogen) atoms. The van der Waals surface area contributed by atoms with Gasteiger partial charge in [-0.3, -0.25) is 4.79 Å². The van der Waals surface area contributed by atoms with Crippen LogP contribution in [0.25, 0.3) is 0 Å². The topological polar surface area (TPSA) is 37.3 Å². The van der Waals surface area contributed by atoms with Crippen molar-refractivity contribution >= 4 is 50.7 Å². The van der Waals surface area contributed by atoms with Gasteiger partial charge < -0.3 is 5.11 Å². The Balaban J connectivity index is 0.000000236. The Kier molecular flexibility index (Phi) is 5.85. The van der Waals surface area contributed by atoms with Crippen molar-refractivity contribution in [3.63, 3.8) is 0 Å². The van der Waals surface area contributed by atoms with E-state index in [1.807, 2.05) is 29.8 Å². The third kappa shape index (κ3) is 4.89. The molecule has 0 bridgehead atoms. The van der Waals surface area contributed by atoms with Crippen LogP contribution in [0.5, 0.6) is 0 Å². The van der Waals surface area contributed by atoms with Crippen molar-refractivity contribution in [3.05, 3.63) is 16.5 Å². The molecule has 0 unspecified atom stereocenters. The van der Waals surface area contributed by atoms with E-state index in [9.17, 15) is 0 Å². The maximum atomic E-state index is 8.36. The molecule has 1 N–H and O–H groups in total. The minimum atomic E-state index is -0.250. The molecular formula is C5H4ClLiO2S. The first-order chi connectivity index (χ1) is 4.70. The summed E-state index contributed by atoms with van der Waals surface area (Å²) < 4.78 is 2.14. The average Bonchev–Trinajstić information content (AvgIpc) is 2.17. The molecule has 5 heteroatoms. The summed E-state index contributed by atoms with van der Waals surface area (Å²) in [4.78, 5) is 8.36. The van der Waals surface area contributed by atoms with Gasteiger partial charge in [0.1, 0.15) is 0 Å². The van der Waals surface area contributed by atoms with Crippen molar-refractivity contribution in [2.24, 2.45) is 0 Å². The summed E-state index contributed by atoms with van der Waals surface area (Å²) in [6, 6.07) is 3.91. The molecule has 1 heterocycles. The van der Waals surface area contributed by atoms with Gasteiger partial charge in [0.15, 0.2) is 0 Å². The van der Waals surface area contributed by atoms with Crippen LogP contribution in [0, 0.1) is 0 Å². The maximum absolute atomic E-state index is 8.36. The van der Waals surface area contributed by atoms with Crippen LogP contribution in [0.1, 0.15) is 0 Å². The van der Waals surface area contributed by atoms with Crippen molar-refractivity contribution < 1.29 is 9.90 Å². The Morgan fingerprint density at radius 1 is 1.70 bits per heavy atom. The van der Waals surface area contributed by atoms with Crippen molar-refractivity contribution in [2.75, 3.05) is 0 Å². The van der Waals surface area contributed by atoms with E-state index in [2.05, 4.69) is 0 Å². The second-order valence-electron chi connectivity index (χ2n) is 1.46. The van der Waals surface area contributed by atoms with Gasteiger partial charge in [0.2, 0.25) is 0 Å². The second kappa shape index (κ2) is 5.81. The van der Waals surface area contributed by atoms with Crippen LogP contribution >= 0.6 is 22.9 Å². The zero-order valence-corrected chi connectivity index (χ0v) is 6.95. The Morgan fingerprint density at radius 2 is 2.20 bits per heavy atom. The van der Waals surface area contributed by atoms with Crippen molar-refractivity contribution in [1.82, 2.24) is 0 Å². The predicted molar refractivity (Wildman–Crippen MR) is 43.4 cm³/mol. The molecule has 1 rings (SSSR count). The third-order valence-electron chi connectivity index (χ3n) is 0.708. The first kappa shape index (κ1) is 10.1. The number of halogens is 1. The minimum absolute atomic E-state index is 0.250. The molecule has 0 saturated heterocycles. The molecule has 0 aliphatic carbocycles. The van der Waals surface area contributed by atoms with Gasteiger partial charge in [-0.2, -0.15) is 0 Å². The summed E-state index contributed by atoms with van der Waals surface area (Å²) >= 11 is 9.23. The van der Waals surface area contributed by atoms with Gasteiger partial charge in [0.05, 0.1) is 0 Å². The fourth-order valence-corrected chi connectivity index (χ4v) is 1.41. The van der Waals surface area contributed by atoms with Gasteiger partial charge in [-0.15, -0.1) is 0 Å². The van der Waals surface area contributed by atoms with E-state index < -0.39 is 0 Å². The van der Waals surface area contributed by atoms with Crippen LogP contribution in [0.3, 0.4) is 0 Å². The fraction of sp³-hybridized carbons (Fsp3) is 0.